The van der Waals surface area contributed by atoms with Crippen LogP contribution in [0.25, 0.3) is 0 Å². The maximum atomic E-state index is 10.7. The number of aromatic carboxylic acids is 1. The summed E-state index contributed by atoms with van der Waals surface area (Å²) in [5, 5.41) is 10.6. The lowest BCUT2D eigenvalue weighted by molar-refractivity contribution is -0.114. The van der Waals surface area contributed by atoms with Gasteiger partial charge in [0.25, 0.3) is 0 Å². The highest BCUT2D eigenvalue weighted by atomic mass is 35.5. The molecule has 0 spiro atoms. The van der Waals surface area contributed by atoms with Gasteiger partial charge < -0.3 is 9.52 Å². The van der Waals surface area contributed by atoms with Crippen LogP contribution in [0.1, 0.15) is 10.6 Å². The molecule has 0 bridgehead atoms. The molecule has 6 nitrogen and oxygen atoms in total. The molecule has 7 heteroatoms. The van der Waals surface area contributed by atoms with E-state index in [0.29, 0.717) is 0 Å². The van der Waals surface area contributed by atoms with Gasteiger partial charge in [0.1, 0.15) is 5.88 Å². The molecule has 0 aromatic carbocycles. The topological polar surface area (TPSA) is 92.4 Å². The summed E-state index contributed by atoms with van der Waals surface area (Å²) < 4.78 is 4.62. The molecule has 70 valence electrons. The Morgan fingerprint density at radius 1 is 1.69 bits per heavy atom. The molecule has 1 rings (SSSR count). The van der Waals surface area contributed by atoms with E-state index in [4.69, 9.17) is 16.7 Å². The summed E-state index contributed by atoms with van der Waals surface area (Å²) in [6.07, 6.45) is 0.992. The van der Waals surface area contributed by atoms with Crippen molar-refractivity contribution in [3.8, 4) is 0 Å². The van der Waals surface area contributed by atoms with E-state index < -0.39 is 11.9 Å². The number of carboxylic acids is 1. The van der Waals surface area contributed by atoms with Crippen LogP contribution in [0.15, 0.2) is 10.6 Å². The summed E-state index contributed by atoms with van der Waals surface area (Å²) in [5.41, 5.74) is 0. The molecule has 13 heavy (non-hydrogen) atoms. The number of oxazole rings is 1. The predicted molar refractivity (Wildman–Crippen MR) is 42.8 cm³/mol. The average molecular weight is 205 g/mol. The van der Waals surface area contributed by atoms with Crippen LogP contribution in [-0.2, 0) is 4.79 Å². The molecule has 0 radical (unpaired) electrons. The van der Waals surface area contributed by atoms with E-state index in [1.165, 1.54) is 0 Å². The van der Waals surface area contributed by atoms with Crippen LogP contribution in [0.2, 0.25) is 0 Å². The number of rotatable bonds is 3. The molecule has 1 aromatic heterocycles. The number of carbonyl (C=O) groups is 2. The van der Waals surface area contributed by atoms with E-state index in [9.17, 15) is 9.59 Å². The highest BCUT2D eigenvalue weighted by Gasteiger charge is 2.11. The van der Waals surface area contributed by atoms with Crippen molar-refractivity contribution in [2.24, 2.45) is 0 Å². The monoisotopic (exact) mass is 204 g/mol. The van der Waals surface area contributed by atoms with E-state index in [2.05, 4.69) is 14.7 Å². The standard InChI is InChI=1S/C6H5ClN2O4/c7-1-4(10)9-6-8-2-3(13-6)5(11)12/h2H,1H2,(H,11,12)(H,8,9,10). The molecule has 0 saturated carbocycles. The van der Waals surface area contributed by atoms with Crippen molar-refractivity contribution in [1.82, 2.24) is 4.98 Å². The number of nitrogens with one attached hydrogen (secondary N) is 1. The number of hydrogen-bond acceptors (Lipinski definition) is 4. The Hall–Kier alpha value is -1.56. The van der Waals surface area contributed by atoms with Gasteiger partial charge in [0, 0.05) is 0 Å². The lowest BCUT2D eigenvalue weighted by atomic mass is 10.5. The zero-order valence-corrected chi connectivity index (χ0v) is 7.04. The highest BCUT2D eigenvalue weighted by Crippen LogP contribution is 2.08. The van der Waals surface area contributed by atoms with Crippen LogP contribution in [-0.4, -0.2) is 27.8 Å². The van der Waals surface area contributed by atoms with Crippen LogP contribution < -0.4 is 5.32 Å². The van der Waals surface area contributed by atoms with Gasteiger partial charge in [-0.2, -0.15) is 0 Å². The van der Waals surface area contributed by atoms with E-state index in [0.717, 1.165) is 6.20 Å². The molecule has 0 saturated heterocycles. The minimum atomic E-state index is -1.25. The Bertz CT molecular complexity index is 335. The molecule has 2 N–H and O–H groups in total. The number of halogens is 1. The van der Waals surface area contributed by atoms with Gasteiger partial charge in [0.2, 0.25) is 11.7 Å². The summed E-state index contributed by atoms with van der Waals surface area (Å²) in [6, 6.07) is -0.178. The fraction of sp³-hybridized carbons (Fsp3) is 0.167. The molecule has 1 aromatic rings. The van der Waals surface area contributed by atoms with Gasteiger partial charge in [-0.25, -0.2) is 9.78 Å². The zero-order chi connectivity index (χ0) is 9.84. The third kappa shape index (κ3) is 2.45. The molecule has 0 atom stereocenters. The SMILES string of the molecule is O=C(CCl)Nc1ncc(C(=O)O)o1. The third-order valence-corrected chi connectivity index (χ3v) is 1.33. The highest BCUT2D eigenvalue weighted by molar-refractivity contribution is 6.28. The van der Waals surface area contributed by atoms with Crippen molar-refractivity contribution < 1.29 is 19.1 Å². The van der Waals surface area contributed by atoms with Crippen molar-refractivity contribution in [3.05, 3.63) is 12.0 Å². The first-order valence-corrected chi connectivity index (χ1v) is 3.72. The molecule has 1 amide bonds. The zero-order valence-electron chi connectivity index (χ0n) is 6.28. The van der Waals surface area contributed by atoms with E-state index in [-0.39, 0.29) is 17.7 Å². The lowest BCUT2D eigenvalue weighted by Gasteiger charge is -1.93. The number of anilines is 1. The predicted octanol–water partition coefficient (Wildman–Crippen LogP) is 0.550. The number of aromatic nitrogens is 1. The second-order valence-electron chi connectivity index (χ2n) is 2.02. The van der Waals surface area contributed by atoms with Gasteiger partial charge in [0.05, 0.1) is 6.20 Å². The molecule has 0 fully saturated rings. The summed E-state index contributed by atoms with van der Waals surface area (Å²) >= 11 is 5.17. The van der Waals surface area contributed by atoms with Crippen LogP contribution in [0.3, 0.4) is 0 Å². The smallest absolute Gasteiger partial charge is 0.373 e. The molecule has 0 aliphatic rings. The van der Waals surface area contributed by atoms with Crippen molar-refractivity contribution in [2.45, 2.75) is 0 Å². The van der Waals surface area contributed by atoms with Gasteiger partial charge >= 0.3 is 12.0 Å². The van der Waals surface area contributed by atoms with Gasteiger partial charge in [0.15, 0.2) is 0 Å². The maximum Gasteiger partial charge on any atom is 0.373 e. The van der Waals surface area contributed by atoms with Crippen molar-refractivity contribution in [2.75, 3.05) is 11.2 Å². The largest absolute Gasteiger partial charge is 0.475 e. The van der Waals surface area contributed by atoms with E-state index in [1.54, 1.807) is 0 Å². The molecule has 0 aliphatic carbocycles. The van der Waals surface area contributed by atoms with Crippen LogP contribution in [0.5, 0.6) is 0 Å². The summed E-state index contributed by atoms with van der Waals surface area (Å²) in [7, 11) is 0. The van der Waals surface area contributed by atoms with Gasteiger partial charge in [-0.3, -0.25) is 10.1 Å². The molecular weight excluding hydrogens is 200 g/mol. The number of amides is 1. The number of carboxylic acid groups (broad SMARTS) is 1. The van der Waals surface area contributed by atoms with Gasteiger partial charge in [-0.05, 0) is 0 Å². The maximum absolute atomic E-state index is 10.7. The second kappa shape index (κ2) is 3.90. The van der Waals surface area contributed by atoms with Gasteiger partial charge in [-0.1, -0.05) is 0 Å². The molecule has 0 aliphatic heterocycles. The minimum Gasteiger partial charge on any atom is -0.475 e. The Kier molecular flexibility index (Phi) is 2.86. The van der Waals surface area contributed by atoms with Crippen LogP contribution >= 0.6 is 11.6 Å². The molecule has 1 heterocycles. The summed E-state index contributed by atoms with van der Waals surface area (Å²) in [4.78, 5) is 24.5. The van der Waals surface area contributed by atoms with Crippen molar-refractivity contribution >= 4 is 29.5 Å². The molecular formula is C6H5ClN2O4. The fourth-order valence-corrected chi connectivity index (χ4v) is 0.650. The Balaban J connectivity index is 2.69. The van der Waals surface area contributed by atoms with Crippen molar-refractivity contribution in [1.29, 1.82) is 0 Å². The number of alkyl halides is 1. The Morgan fingerprint density at radius 3 is 2.85 bits per heavy atom. The summed E-state index contributed by atoms with van der Waals surface area (Å²) in [6.45, 7) is 0. The third-order valence-electron chi connectivity index (χ3n) is 1.08. The summed E-state index contributed by atoms with van der Waals surface area (Å²) in [5.74, 6) is -2.35. The first-order valence-electron chi connectivity index (χ1n) is 3.18. The van der Waals surface area contributed by atoms with Gasteiger partial charge in [-0.15, -0.1) is 11.6 Å². The number of nitrogens with zero attached hydrogens (tertiary/aromatic N) is 1. The first kappa shape index (κ1) is 9.53. The van der Waals surface area contributed by atoms with Crippen LogP contribution in [0, 0.1) is 0 Å². The van der Waals surface area contributed by atoms with Crippen molar-refractivity contribution in [3.63, 3.8) is 0 Å². The quantitative estimate of drug-likeness (QED) is 0.702. The van der Waals surface area contributed by atoms with E-state index >= 15 is 0 Å². The minimum absolute atomic E-state index is 0.178. The first-order chi connectivity index (χ1) is 6.13. The lowest BCUT2D eigenvalue weighted by Crippen LogP contribution is -2.12. The average Bonchev–Trinajstić information content (AvgIpc) is 2.52. The van der Waals surface area contributed by atoms with E-state index in [1.807, 2.05) is 0 Å². The Labute approximate surface area is 77.5 Å². The Morgan fingerprint density at radius 2 is 2.38 bits per heavy atom. The molecule has 0 unspecified atom stereocenters. The number of carbonyl (C=O) groups excluding carboxylic acids is 1. The van der Waals surface area contributed by atoms with Crippen LogP contribution in [0.4, 0.5) is 6.01 Å². The number of hydrogen-bond donors (Lipinski definition) is 2. The second-order valence-corrected chi connectivity index (χ2v) is 2.28. The fourth-order valence-electron chi connectivity index (χ4n) is 0.583. The normalized spacial score (nSPS) is 9.62.